The first-order valence-electron chi connectivity index (χ1n) is 6.70. The molecule has 0 heterocycles. The van der Waals surface area contributed by atoms with Crippen LogP contribution in [0, 0.1) is 0 Å². The van der Waals surface area contributed by atoms with E-state index in [1.807, 2.05) is 6.92 Å². The quantitative estimate of drug-likeness (QED) is 0.643. The lowest BCUT2D eigenvalue weighted by Gasteiger charge is -2.35. The van der Waals surface area contributed by atoms with Crippen LogP contribution in [0.5, 0.6) is 0 Å². The maximum absolute atomic E-state index is 11.6. The summed E-state index contributed by atoms with van der Waals surface area (Å²) in [4.78, 5) is 13.9. The van der Waals surface area contributed by atoms with E-state index in [4.69, 9.17) is 5.73 Å². The van der Waals surface area contributed by atoms with Crippen LogP contribution in [-0.2, 0) is 4.79 Å². The zero-order chi connectivity index (χ0) is 13.5. The number of nitrogens with zero attached hydrogens (tertiary/aromatic N) is 1. The Morgan fingerprint density at radius 1 is 1.35 bits per heavy atom. The van der Waals surface area contributed by atoms with Crippen molar-refractivity contribution >= 4 is 5.91 Å². The van der Waals surface area contributed by atoms with Gasteiger partial charge in [0, 0.05) is 6.04 Å². The summed E-state index contributed by atoms with van der Waals surface area (Å²) in [6.45, 7) is 13.3. The molecule has 0 spiro atoms. The molecular formula is C13H29N3O. The Balaban J connectivity index is 4.57. The fourth-order valence-corrected chi connectivity index (χ4v) is 2.23. The predicted molar refractivity (Wildman–Crippen MR) is 72.9 cm³/mol. The SMILES string of the molecule is CCCNC(C)(CC(C)N(CC)CC)C(N)=O. The first-order valence-corrected chi connectivity index (χ1v) is 6.70. The van der Waals surface area contributed by atoms with Crippen molar-refractivity contribution in [3.8, 4) is 0 Å². The van der Waals surface area contributed by atoms with E-state index in [1.54, 1.807) is 0 Å². The molecule has 1 amide bonds. The lowest BCUT2D eigenvalue weighted by atomic mass is 9.92. The monoisotopic (exact) mass is 243 g/mol. The number of rotatable bonds is 9. The van der Waals surface area contributed by atoms with Crippen LogP contribution in [0.4, 0.5) is 0 Å². The molecule has 0 rings (SSSR count). The molecule has 2 atom stereocenters. The number of amides is 1. The highest BCUT2D eigenvalue weighted by molar-refractivity contribution is 5.84. The first-order chi connectivity index (χ1) is 7.91. The molecule has 0 aromatic carbocycles. The van der Waals surface area contributed by atoms with Crippen LogP contribution in [0.3, 0.4) is 0 Å². The third-order valence-corrected chi connectivity index (χ3v) is 3.45. The van der Waals surface area contributed by atoms with Crippen molar-refractivity contribution in [2.75, 3.05) is 19.6 Å². The molecule has 0 aromatic rings. The lowest BCUT2D eigenvalue weighted by molar-refractivity contribution is -0.124. The number of nitrogens with one attached hydrogen (secondary N) is 1. The number of carbonyl (C=O) groups excluding carboxylic acids is 1. The van der Waals surface area contributed by atoms with Crippen molar-refractivity contribution in [3.05, 3.63) is 0 Å². The first kappa shape index (κ1) is 16.4. The highest BCUT2D eigenvalue weighted by Crippen LogP contribution is 2.16. The number of hydrogen-bond donors (Lipinski definition) is 2. The fraction of sp³-hybridized carbons (Fsp3) is 0.923. The molecule has 0 aliphatic rings. The van der Waals surface area contributed by atoms with Crippen LogP contribution in [0.1, 0.15) is 47.5 Å². The summed E-state index contributed by atoms with van der Waals surface area (Å²) in [7, 11) is 0. The number of primary amides is 1. The number of carbonyl (C=O) groups is 1. The van der Waals surface area contributed by atoms with Gasteiger partial charge in [0.1, 0.15) is 0 Å². The summed E-state index contributed by atoms with van der Waals surface area (Å²) in [6.07, 6.45) is 1.76. The van der Waals surface area contributed by atoms with E-state index in [1.165, 1.54) is 0 Å². The second-order valence-electron chi connectivity index (χ2n) is 4.90. The van der Waals surface area contributed by atoms with E-state index < -0.39 is 5.54 Å². The minimum absolute atomic E-state index is 0.259. The fourth-order valence-electron chi connectivity index (χ4n) is 2.23. The van der Waals surface area contributed by atoms with Crippen molar-refractivity contribution in [3.63, 3.8) is 0 Å². The zero-order valence-corrected chi connectivity index (χ0v) is 12.0. The Bertz CT molecular complexity index is 229. The molecule has 0 aliphatic carbocycles. The topological polar surface area (TPSA) is 58.4 Å². The second kappa shape index (κ2) is 7.67. The standard InChI is InChI=1S/C13H29N3O/c1-6-9-15-13(5,12(14)17)10-11(4)16(7-2)8-3/h11,15H,6-10H2,1-5H3,(H2,14,17). The van der Waals surface area contributed by atoms with Gasteiger partial charge in [0.25, 0.3) is 0 Å². The minimum Gasteiger partial charge on any atom is -0.368 e. The maximum atomic E-state index is 11.6. The van der Waals surface area contributed by atoms with Gasteiger partial charge in [-0.05, 0) is 46.3 Å². The molecule has 3 N–H and O–H groups in total. The molecule has 0 saturated carbocycles. The predicted octanol–water partition coefficient (Wildman–Crippen LogP) is 1.35. The molecule has 2 unspecified atom stereocenters. The molecule has 4 heteroatoms. The normalized spacial score (nSPS) is 16.8. The third kappa shape index (κ3) is 5.04. The van der Waals surface area contributed by atoms with Crippen molar-refractivity contribution in [1.29, 1.82) is 0 Å². The Kier molecular flexibility index (Phi) is 7.39. The average Bonchev–Trinajstić information content (AvgIpc) is 2.27. The summed E-state index contributed by atoms with van der Waals surface area (Å²) in [5, 5.41) is 3.28. The molecular weight excluding hydrogens is 214 g/mol. The Morgan fingerprint density at radius 3 is 2.24 bits per heavy atom. The van der Waals surface area contributed by atoms with Gasteiger partial charge in [-0.1, -0.05) is 20.8 Å². The van der Waals surface area contributed by atoms with Gasteiger partial charge >= 0.3 is 0 Å². The van der Waals surface area contributed by atoms with Crippen LogP contribution in [0.2, 0.25) is 0 Å². The molecule has 0 saturated heterocycles. The van der Waals surface area contributed by atoms with Gasteiger partial charge in [-0.3, -0.25) is 4.79 Å². The van der Waals surface area contributed by atoms with E-state index in [0.29, 0.717) is 6.04 Å². The van der Waals surface area contributed by atoms with Crippen molar-refractivity contribution in [2.24, 2.45) is 5.73 Å². The Labute approximate surface area is 106 Å². The smallest absolute Gasteiger partial charge is 0.237 e. The second-order valence-corrected chi connectivity index (χ2v) is 4.90. The van der Waals surface area contributed by atoms with Gasteiger partial charge in [-0.2, -0.15) is 0 Å². The van der Waals surface area contributed by atoms with Crippen molar-refractivity contribution in [2.45, 2.75) is 59.0 Å². The molecule has 0 fully saturated rings. The van der Waals surface area contributed by atoms with Crippen LogP contribution in [0.15, 0.2) is 0 Å². The molecule has 4 nitrogen and oxygen atoms in total. The molecule has 0 aliphatic heterocycles. The van der Waals surface area contributed by atoms with Gasteiger partial charge in [0.2, 0.25) is 5.91 Å². The molecule has 0 bridgehead atoms. The largest absolute Gasteiger partial charge is 0.368 e. The summed E-state index contributed by atoms with van der Waals surface area (Å²) in [6, 6.07) is 0.354. The zero-order valence-electron chi connectivity index (χ0n) is 12.0. The maximum Gasteiger partial charge on any atom is 0.237 e. The highest BCUT2D eigenvalue weighted by Gasteiger charge is 2.33. The highest BCUT2D eigenvalue weighted by atomic mass is 16.1. The van der Waals surface area contributed by atoms with Crippen molar-refractivity contribution in [1.82, 2.24) is 10.2 Å². The van der Waals surface area contributed by atoms with Gasteiger partial charge < -0.3 is 16.0 Å². The van der Waals surface area contributed by atoms with Crippen LogP contribution in [-0.4, -0.2) is 42.0 Å². The molecule has 17 heavy (non-hydrogen) atoms. The Morgan fingerprint density at radius 2 is 1.88 bits per heavy atom. The molecule has 0 aromatic heterocycles. The number of nitrogens with two attached hydrogens (primary N) is 1. The summed E-state index contributed by atoms with van der Waals surface area (Å²) in [5.74, 6) is -0.259. The van der Waals surface area contributed by atoms with E-state index in [9.17, 15) is 4.79 Å². The van der Waals surface area contributed by atoms with Crippen molar-refractivity contribution < 1.29 is 4.79 Å². The van der Waals surface area contributed by atoms with Gasteiger partial charge in [-0.15, -0.1) is 0 Å². The molecule has 0 radical (unpaired) electrons. The van der Waals surface area contributed by atoms with Gasteiger partial charge in [0.05, 0.1) is 5.54 Å². The van der Waals surface area contributed by atoms with Crippen LogP contribution in [0.25, 0.3) is 0 Å². The minimum atomic E-state index is -0.599. The molecule has 102 valence electrons. The van der Waals surface area contributed by atoms with E-state index in [0.717, 1.165) is 32.5 Å². The van der Waals surface area contributed by atoms with Gasteiger partial charge in [-0.25, -0.2) is 0 Å². The third-order valence-electron chi connectivity index (χ3n) is 3.45. The van der Waals surface area contributed by atoms with E-state index in [2.05, 4.69) is 37.9 Å². The average molecular weight is 243 g/mol. The van der Waals surface area contributed by atoms with Gasteiger partial charge in [0.15, 0.2) is 0 Å². The number of hydrogen-bond acceptors (Lipinski definition) is 3. The van der Waals surface area contributed by atoms with Crippen LogP contribution >= 0.6 is 0 Å². The van der Waals surface area contributed by atoms with E-state index in [-0.39, 0.29) is 5.91 Å². The Hall–Kier alpha value is -0.610. The van der Waals surface area contributed by atoms with E-state index >= 15 is 0 Å². The van der Waals surface area contributed by atoms with Crippen LogP contribution < -0.4 is 11.1 Å². The summed E-state index contributed by atoms with van der Waals surface area (Å²) in [5.41, 5.74) is 4.92. The lowest BCUT2D eigenvalue weighted by Crippen LogP contribution is -2.56. The summed E-state index contributed by atoms with van der Waals surface area (Å²) >= 11 is 0. The summed E-state index contributed by atoms with van der Waals surface area (Å²) < 4.78 is 0.